The lowest BCUT2D eigenvalue weighted by molar-refractivity contribution is 0.622. The lowest BCUT2D eigenvalue weighted by Gasteiger charge is -2.14. The van der Waals surface area contributed by atoms with Gasteiger partial charge in [-0.05, 0) is 11.6 Å². The molecule has 1 aromatic carbocycles. The van der Waals surface area contributed by atoms with E-state index in [2.05, 4.69) is 40.1 Å². The molecule has 0 radical (unpaired) electrons. The van der Waals surface area contributed by atoms with Crippen LogP contribution in [0.3, 0.4) is 0 Å². The van der Waals surface area contributed by atoms with Crippen molar-refractivity contribution in [3.63, 3.8) is 0 Å². The van der Waals surface area contributed by atoms with Gasteiger partial charge >= 0.3 is 0 Å². The van der Waals surface area contributed by atoms with Gasteiger partial charge in [0.1, 0.15) is 0 Å². The average Bonchev–Trinajstić information content (AvgIpc) is 2.73. The van der Waals surface area contributed by atoms with E-state index < -0.39 is 0 Å². The molecule has 3 nitrogen and oxygen atoms in total. The Kier molecular flexibility index (Phi) is 2.00. The second-order valence-electron chi connectivity index (χ2n) is 4.95. The van der Waals surface area contributed by atoms with E-state index in [0.29, 0.717) is 0 Å². The van der Waals surface area contributed by atoms with Gasteiger partial charge in [-0.1, -0.05) is 18.2 Å². The zero-order chi connectivity index (χ0) is 12.1. The number of nitrogens with one attached hydrogen (secondary N) is 1. The van der Waals surface area contributed by atoms with E-state index in [9.17, 15) is 0 Å². The summed E-state index contributed by atoms with van der Waals surface area (Å²) in [6.45, 7) is 2.05. The quantitative estimate of drug-likeness (QED) is 0.650. The van der Waals surface area contributed by atoms with Crippen LogP contribution in [-0.4, -0.2) is 16.1 Å². The van der Waals surface area contributed by atoms with Crippen molar-refractivity contribution in [2.75, 3.05) is 6.54 Å². The molecule has 0 spiro atoms. The first-order chi connectivity index (χ1) is 8.86. The van der Waals surface area contributed by atoms with E-state index in [4.69, 9.17) is 0 Å². The number of hydrogen-bond acceptors (Lipinski definition) is 2. The van der Waals surface area contributed by atoms with Crippen LogP contribution in [0, 0.1) is 0 Å². The molecule has 0 bridgehead atoms. The Hall–Kier alpha value is -1.87. The molecule has 2 aromatic heterocycles. The molecule has 1 aliphatic heterocycles. The summed E-state index contributed by atoms with van der Waals surface area (Å²) in [7, 11) is 2.17. The van der Waals surface area contributed by atoms with Crippen LogP contribution in [0.15, 0.2) is 30.5 Å². The van der Waals surface area contributed by atoms with Crippen molar-refractivity contribution in [3.8, 4) is 0 Å². The SMILES string of the molecule is Cn1c2c(c3ccc4cccnc4c31)CNCC2. The molecule has 0 aliphatic carbocycles. The van der Waals surface area contributed by atoms with Crippen molar-refractivity contribution in [1.29, 1.82) is 0 Å². The lowest BCUT2D eigenvalue weighted by Crippen LogP contribution is -2.24. The normalized spacial score (nSPS) is 15.2. The van der Waals surface area contributed by atoms with Crippen LogP contribution in [0.5, 0.6) is 0 Å². The van der Waals surface area contributed by atoms with Gasteiger partial charge in [0.05, 0.1) is 11.0 Å². The molecule has 3 aromatic rings. The van der Waals surface area contributed by atoms with Crippen LogP contribution in [0.2, 0.25) is 0 Å². The standard InChI is InChI=1S/C15H15N3/c1-18-13-6-8-16-9-12(13)11-5-4-10-3-2-7-17-14(10)15(11)18/h2-5,7,16H,6,8-9H2,1H3. The summed E-state index contributed by atoms with van der Waals surface area (Å²) < 4.78 is 2.33. The van der Waals surface area contributed by atoms with Gasteiger partial charge in [-0.25, -0.2) is 0 Å². The smallest absolute Gasteiger partial charge is 0.0944 e. The van der Waals surface area contributed by atoms with Gasteiger partial charge in [-0.15, -0.1) is 0 Å². The highest BCUT2D eigenvalue weighted by molar-refractivity contribution is 6.05. The summed E-state index contributed by atoms with van der Waals surface area (Å²) in [6, 6.07) is 8.55. The highest BCUT2D eigenvalue weighted by Crippen LogP contribution is 2.31. The van der Waals surface area contributed by atoms with Gasteiger partial charge in [0.15, 0.2) is 0 Å². The fourth-order valence-electron chi connectivity index (χ4n) is 3.14. The van der Waals surface area contributed by atoms with E-state index in [-0.39, 0.29) is 0 Å². The van der Waals surface area contributed by atoms with Crippen molar-refractivity contribution in [3.05, 3.63) is 41.7 Å². The Morgan fingerprint density at radius 3 is 3.17 bits per heavy atom. The molecular weight excluding hydrogens is 222 g/mol. The summed E-state index contributed by atoms with van der Waals surface area (Å²) in [4.78, 5) is 4.57. The maximum Gasteiger partial charge on any atom is 0.0944 e. The topological polar surface area (TPSA) is 29.9 Å². The Bertz CT molecular complexity index is 755. The summed E-state index contributed by atoms with van der Waals surface area (Å²) in [5, 5.41) is 6.03. The van der Waals surface area contributed by atoms with Crippen LogP contribution >= 0.6 is 0 Å². The molecular formula is C15H15N3. The molecule has 1 aliphatic rings. The minimum absolute atomic E-state index is 0.977. The van der Waals surface area contributed by atoms with Gasteiger partial charge < -0.3 is 9.88 Å². The Morgan fingerprint density at radius 2 is 2.22 bits per heavy atom. The molecule has 0 fully saturated rings. The number of aryl methyl sites for hydroxylation is 1. The number of fused-ring (bicyclic) bond motifs is 5. The average molecular weight is 237 g/mol. The molecule has 3 heterocycles. The first kappa shape index (κ1) is 10.1. The largest absolute Gasteiger partial charge is 0.346 e. The molecule has 4 rings (SSSR count). The molecule has 0 saturated heterocycles. The fourth-order valence-corrected chi connectivity index (χ4v) is 3.14. The first-order valence-electron chi connectivity index (χ1n) is 6.41. The predicted molar refractivity (Wildman–Crippen MR) is 73.6 cm³/mol. The highest BCUT2D eigenvalue weighted by atomic mass is 15.0. The van der Waals surface area contributed by atoms with E-state index in [1.807, 2.05) is 12.3 Å². The van der Waals surface area contributed by atoms with E-state index in [1.54, 1.807) is 0 Å². The first-order valence-corrected chi connectivity index (χ1v) is 6.41. The van der Waals surface area contributed by atoms with Gasteiger partial charge in [-0.2, -0.15) is 0 Å². The van der Waals surface area contributed by atoms with Gasteiger partial charge in [0.25, 0.3) is 0 Å². The molecule has 90 valence electrons. The predicted octanol–water partition coefficient (Wildman–Crippen LogP) is 2.37. The van der Waals surface area contributed by atoms with Crippen LogP contribution in [-0.2, 0) is 20.0 Å². The van der Waals surface area contributed by atoms with Crippen molar-refractivity contribution in [2.24, 2.45) is 7.05 Å². The van der Waals surface area contributed by atoms with Crippen molar-refractivity contribution >= 4 is 21.8 Å². The second kappa shape index (κ2) is 3.56. The number of pyridine rings is 1. The zero-order valence-corrected chi connectivity index (χ0v) is 10.4. The monoisotopic (exact) mass is 237 g/mol. The van der Waals surface area contributed by atoms with E-state index in [1.165, 1.54) is 27.5 Å². The molecule has 18 heavy (non-hydrogen) atoms. The molecule has 1 N–H and O–H groups in total. The number of rotatable bonds is 0. The molecule has 0 unspecified atom stereocenters. The Morgan fingerprint density at radius 1 is 1.28 bits per heavy atom. The maximum atomic E-state index is 4.57. The minimum atomic E-state index is 0.977. The van der Waals surface area contributed by atoms with Crippen LogP contribution in [0.4, 0.5) is 0 Å². The number of hydrogen-bond donors (Lipinski definition) is 1. The number of aromatic nitrogens is 2. The highest BCUT2D eigenvalue weighted by Gasteiger charge is 2.19. The van der Waals surface area contributed by atoms with Crippen molar-refractivity contribution in [1.82, 2.24) is 14.9 Å². The molecule has 3 heteroatoms. The molecule has 0 atom stereocenters. The van der Waals surface area contributed by atoms with E-state index in [0.717, 1.165) is 25.0 Å². The summed E-state index contributed by atoms with van der Waals surface area (Å²) >= 11 is 0. The number of benzene rings is 1. The zero-order valence-electron chi connectivity index (χ0n) is 10.4. The fraction of sp³-hybridized carbons (Fsp3) is 0.267. The minimum Gasteiger partial charge on any atom is -0.346 e. The summed E-state index contributed by atoms with van der Waals surface area (Å²) in [5.74, 6) is 0. The van der Waals surface area contributed by atoms with E-state index >= 15 is 0 Å². The maximum absolute atomic E-state index is 4.57. The third-order valence-corrected chi connectivity index (χ3v) is 4.00. The Balaban J connectivity index is 2.22. The Labute approximate surface area is 105 Å². The number of nitrogens with zero attached hydrogens (tertiary/aromatic N) is 2. The summed E-state index contributed by atoms with van der Waals surface area (Å²) in [5.41, 5.74) is 5.31. The lowest BCUT2D eigenvalue weighted by atomic mass is 10.0. The van der Waals surface area contributed by atoms with Crippen LogP contribution in [0.1, 0.15) is 11.3 Å². The van der Waals surface area contributed by atoms with Crippen molar-refractivity contribution in [2.45, 2.75) is 13.0 Å². The molecule has 0 amide bonds. The van der Waals surface area contributed by atoms with Gasteiger partial charge in [0.2, 0.25) is 0 Å². The van der Waals surface area contributed by atoms with Crippen LogP contribution < -0.4 is 5.32 Å². The second-order valence-corrected chi connectivity index (χ2v) is 4.95. The third kappa shape index (κ3) is 1.20. The van der Waals surface area contributed by atoms with Gasteiger partial charge in [0, 0.05) is 49.2 Å². The van der Waals surface area contributed by atoms with Crippen LogP contribution in [0.25, 0.3) is 21.8 Å². The summed E-state index contributed by atoms with van der Waals surface area (Å²) in [6.07, 6.45) is 2.99. The molecule has 0 saturated carbocycles. The third-order valence-electron chi connectivity index (χ3n) is 4.00. The van der Waals surface area contributed by atoms with Crippen molar-refractivity contribution < 1.29 is 0 Å². The van der Waals surface area contributed by atoms with Gasteiger partial charge in [-0.3, -0.25) is 4.98 Å².